The molecule has 1 unspecified atom stereocenters. The summed E-state index contributed by atoms with van der Waals surface area (Å²) in [6, 6.07) is 9.29. The number of thiophene rings is 1. The van der Waals surface area contributed by atoms with Crippen molar-refractivity contribution < 1.29 is 0 Å². The molecule has 1 N–H and O–H groups in total. The minimum absolute atomic E-state index is 0.466. The first-order chi connectivity index (χ1) is 9.09. The van der Waals surface area contributed by atoms with Crippen LogP contribution >= 0.6 is 23.3 Å². The van der Waals surface area contributed by atoms with Crippen molar-refractivity contribution >= 4 is 38.9 Å². The van der Waals surface area contributed by atoms with E-state index in [0.717, 1.165) is 0 Å². The maximum atomic E-state index is 3.52. The maximum absolute atomic E-state index is 3.52. The highest BCUT2D eigenvalue weighted by Gasteiger charge is 2.31. The monoisotopic (exact) mass is 289 g/mol. The molecule has 0 spiro atoms. The highest BCUT2D eigenvalue weighted by molar-refractivity contribution is 7.97. The predicted molar refractivity (Wildman–Crippen MR) is 88.7 cm³/mol. The van der Waals surface area contributed by atoms with Crippen LogP contribution in [-0.2, 0) is 0 Å². The molecule has 2 aromatic rings. The third-order valence-corrected chi connectivity index (χ3v) is 6.38. The molecule has 0 bridgehead atoms. The van der Waals surface area contributed by atoms with E-state index in [1.807, 2.05) is 23.3 Å². The van der Waals surface area contributed by atoms with Crippen LogP contribution in [0.4, 0.5) is 0 Å². The Labute approximate surface area is 123 Å². The van der Waals surface area contributed by atoms with Crippen molar-refractivity contribution in [2.24, 2.45) is 0 Å². The summed E-state index contributed by atoms with van der Waals surface area (Å²) in [5, 5.41) is 1.90. The van der Waals surface area contributed by atoms with Crippen LogP contribution in [0.15, 0.2) is 29.8 Å². The molecule has 1 atom stereocenters. The Balaban J connectivity index is 2.09. The van der Waals surface area contributed by atoms with E-state index >= 15 is 0 Å². The van der Waals surface area contributed by atoms with Crippen LogP contribution in [0.25, 0.3) is 15.7 Å². The van der Waals surface area contributed by atoms with Gasteiger partial charge in [0, 0.05) is 15.6 Å². The van der Waals surface area contributed by atoms with Crippen LogP contribution in [0.2, 0.25) is 0 Å². The third kappa shape index (κ3) is 2.14. The zero-order valence-corrected chi connectivity index (χ0v) is 13.4. The summed E-state index contributed by atoms with van der Waals surface area (Å²) < 4.78 is 4.93. The van der Waals surface area contributed by atoms with Gasteiger partial charge in [-0.2, -0.15) is 0 Å². The van der Waals surface area contributed by atoms with Crippen molar-refractivity contribution in [1.29, 1.82) is 0 Å². The number of rotatable bonds is 3. The van der Waals surface area contributed by atoms with Gasteiger partial charge in [-0.15, -0.1) is 11.3 Å². The number of allylic oxidation sites excluding steroid dienone is 1. The SMILES string of the molecule is CC1=C(C)C(SNC(C)C)c2c1sc1ccccc21. The Hall–Kier alpha value is -0.770. The zero-order chi connectivity index (χ0) is 13.6. The summed E-state index contributed by atoms with van der Waals surface area (Å²) >= 11 is 3.80. The summed E-state index contributed by atoms with van der Waals surface area (Å²) in [4.78, 5) is 1.49. The van der Waals surface area contributed by atoms with Gasteiger partial charge in [-0.25, -0.2) is 0 Å². The van der Waals surface area contributed by atoms with Crippen LogP contribution < -0.4 is 4.72 Å². The van der Waals surface area contributed by atoms with Crippen molar-refractivity contribution in [1.82, 2.24) is 4.72 Å². The first-order valence-corrected chi connectivity index (χ1v) is 8.39. The van der Waals surface area contributed by atoms with Gasteiger partial charge in [0.1, 0.15) is 0 Å². The lowest BCUT2D eigenvalue weighted by Crippen LogP contribution is -2.16. The Kier molecular flexibility index (Phi) is 3.46. The largest absolute Gasteiger partial charge is 0.261 e. The molecule has 1 aromatic heterocycles. The Morgan fingerprint density at radius 1 is 1.21 bits per heavy atom. The van der Waals surface area contributed by atoms with Crippen molar-refractivity contribution in [2.45, 2.75) is 39.0 Å². The minimum Gasteiger partial charge on any atom is -0.261 e. The van der Waals surface area contributed by atoms with Crippen molar-refractivity contribution in [3.8, 4) is 0 Å². The molecule has 0 amide bonds. The summed E-state index contributed by atoms with van der Waals surface area (Å²) in [6.45, 7) is 8.93. The van der Waals surface area contributed by atoms with Crippen LogP contribution in [0, 0.1) is 0 Å². The van der Waals surface area contributed by atoms with Crippen molar-refractivity contribution in [3.63, 3.8) is 0 Å². The molecule has 0 saturated carbocycles. The molecule has 0 aliphatic heterocycles. The molecule has 1 heterocycles. The van der Waals surface area contributed by atoms with Gasteiger partial charge in [0.25, 0.3) is 0 Å². The van der Waals surface area contributed by atoms with Crippen LogP contribution in [0.1, 0.15) is 43.4 Å². The molecule has 1 aromatic carbocycles. The minimum atomic E-state index is 0.466. The molecular formula is C16H19NS2. The summed E-state index contributed by atoms with van der Waals surface area (Å²) in [7, 11) is 0. The van der Waals surface area contributed by atoms with Crippen molar-refractivity contribution in [3.05, 3.63) is 40.3 Å². The molecule has 1 aliphatic carbocycles. The topological polar surface area (TPSA) is 12.0 Å². The fourth-order valence-electron chi connectivity index (χ4n) is 2.55. The molecule has 0 fully saturated rings. The smallest absolute Gasteiger partial charge is 0.0675 e. The van der Waals surface area contributed by atoms with Gasteiger partial charge in [-0.1, -0.05) is 35.7 Å². The molecule has 1 nitrogen and oxygen atoms in total. The highest BCUT2D eigenvalue weighted by Crippen LogP contribution is 2.53. The molecule has 0 radical (unpaired) electrons. The van der Waals surface area contributed by atoms with Crippen molar-refractivity contribution in [2.75, 3.05) is 0 Å². The van der Waals surface area contributed by atoms with E-state index in [1.165, 1.54) is 31.7 Å². The zero-order valence-electron chi connectivity index (χ0n) is 11.8. The second kappa shape index (κ2) is 4.97. The Morgan fingerprint density at radius 3 is 2.68 bits per heavy atom. The third-order valence-electron chi connectivity index (χ3n) is 3.64. The molecule has 3 heteroatoms. The summed E-state index contributed by atoms with van der Waals surface area (Å²) in [5.41, 5.74) is 4.50. The van der Waals surface area contributed by atoms with Gasteiger partial charge in [0.2, 0.25) is 0 Å². The second-order valence-corrected chi connectivity index (χ2v) is 7.41. The lowest BCUT2D eigenvalue weighted by molar-refractivity contribution is 0.768. The fourth-order valence-corrected chi connectivity index (χ4v) is 5.05. The quantitative estimate of drug-likeness (QED) is 0.760. The molecule has 0 saturated heterocycles. The van der Waals surface area contributed by atoms with Gasteiger partial charge < -0.3 is 0 Å². The van der Waals surface area contributed by atoms with E-state index in [0.29, 0.717) is 11.3 Å². The summed E-state index contributed by atoms with van der Waals surface area (Å²) in [6.07, 6.45) is 0. The van der Waals surface area contributed by atoms with Crippen LogP contribution in [-0.4, -0.2) is 6.04 Å². The first-order valence-electron chi connectivity index (χ1n) is 6.70. The predicted octanol–water partition coefficient (Wildman–Crippen LogP) is 5.40. The first kappa shape index (κ1) is 13.2. The lowest BCUT2D eigenvalue weighted by atomic mass is 10.1. The molecule has 1 aliphatic rings. The highest BCUT2D eigenvalue weighted by atomic mass is 32.2. The van der Waals surface area contributed by atoms with E-state index in [9.17, 15) is 0 Å². The molecule has 3 rings (SSSR count). The van der Waals surface area contributed by atoms with E-state index in [2.05, 4.69) is 56.7 Å². The van der Waals surface area contributed by atoms with Gasteiger partial charge in [-0.3, -0.25) is 4.72 Å². The van der Waals surface area contributed by atoms with E-state index in [-0.39, 0.29) is 0 Å². The lowest BCUT2D eigenvalue weighted by Gasteiger charge is -2.16. The van der Waals surface area contributed by atoms with Gasteiger partial charge in [0.15, 0.2) is 0 Å². The Bertz CT molecular complexity index is 652. The van der Waals surface area contributed by atoms with Crippen LogP contribution in [0.3, 0.4) is 0 Å². The van der Waals surface area contributed by atoms with Gasteiger partial charge in [0.05, 0.1) is 5.25 Å². The molecular weight excluding hydrogens is 270 g/mol. The fraction of sp³-hybridized carbons (Fsp3) is 0.375. The second-order valence-electron chi connectivity index (χ2n) is 5.42. The normalized spacial score (nSPS) is 18.7. The number of nitrogens with one attached hydrogen (secondary N) is 1. The standard InChI is InChI=1S/C16H19NS2/c1-9(2)17-19-16-11(4)10(3)15-14(16)12-7-5-6-8-13(12)18-15/h5-9,16-17H,1-4H3. The Morgan fingerprint density at radius 2 is 1.95 bits per heavy atom. The van der Waals surface area contributed by atoms with E-state index in [4.69, 9.17) is 0 Å². The average molecular weight is 289 g/mol. The number of fused-ring (bicyclic) bond motifs is 3. The van der Waals surface area contributed by atoms with Gasteiger partial charge >= 0.3 is 0 Å². The number of hydrogen-bond acceptors (Lipinski definition) is 3. The maximum Gasteiger partial charge on any atom is 0.0675 e. The van der Waals surface area contributed by atoms with Gasteiger partial charge in [-0.05, 0) is 50.3 Å². The number of benzene rings is 1. The summed E-state index contributed by atoms with van der Waals surface area (Å²) in [5.74, 6) is 0. The number of hydrogen-bond donors (Lipinski definition) is 1. The molecule has 19 heavy (non-hydrogen) atoms. The van der Waals surface area contributed by atoms with Crippen LogP contribution in [0.5, 0.6) is 0 Å². The van der Waals surface area contributed by atoms with E-state index in [1.54, 1.807) is 0 Å². The average Bonchev–Trinajstić information content (AvgIpc) is 2.86. The van der Waals surface area contributed by atoms with E-state index < -0.39 is 0 Å². The molecule has 100 valence electrons.